The smallest absolute Gasteiger partial charge is 0.407 e. The van der Waals surface area contributed by atoms with Gasteiger partial charge in [0.1, 0.15) is 5.60 Å². The molecule has 0 heterocycles. The van der Waals surface area contributed by atoms with Crippen LogP contribution in [0.1, 0.15) is 34.1 Å². The third-order valence-electron chi connectivity index (χ3n) is 2.22. The molecule has 0 aromatic carbocycles. The van der Waals surface area contributed by atoms with Gasteiger partial charge in [0.05, 0.1) is 0 Å². The third-order valence-corrected chi connectivity index (χ3v) is 2.22. The number of nitrogens with one attached hydrogen (secondary N) is 1. The number of ether oxygens (including phenoxy) is 1. The van der Waals surface area contributed by atoms with Gasteiger partial charge in [-0.1, -0.05) is 6.92 Å². The lowest BCUT2D eigenvalue weighted by atomic mass is 10.2. The topological polar surface area (TPSA) is 67.6 Å². The van der Waals surface area contributed by atoms with Gasteiger partial charge >= 0.3 is 6.09 Å². The molecular weight excluding hydrogens is 218 g/mol. The second-order valence-electron chi connectivity index (χ2n) is 5.01. The molecule has 0 atom stereocenters. The zero-order valence-corrected chi connectivity index (χ0v) is 11.6. The molecule has 0 fully saturated rings. The summed E-state index contributed by atoms with van der Waals surface area (Å²) in [6.07, 6.45) is 0.632. The van der Waals surface area contributed by atoms with Crippen LogP contribution in [0.4, 0.5) is 4.79 Å². The van der Waals surface area contributed by atoms with E-state index in [1.807, 2.05) is 20.8 Å². The average molecular weight is 245 g/mol. The van der Waals surface area contributed by atoms with Crippen molar-refractivity contribution in [2.45, 2.75) is 39.7 Å². The molecule has 0 radical (unpaired) electrons. The molecule has 0 aliphatic heterocycles. The molecule has 3 N–H and O–H groups in total. The van der Waals surface area contributed by atoms with Crippen molar-refractivity contribution in [2.75, 3.05) is 32.7 Å². The molecule has 102 valence electrons. The van der Waals surface area contributed by atoms with Crippen LogP contribution in [0.25, 0.3) is 0 Å². The lowest BCUT2D eigenvalue weighted by molar-refractivity contribution is 0.0522. The third kappa shape index (κ3) is 10.1. The van der Waals surface area contributed by atoms with Crippen molar-refractivity contribution in [2.24, 2.45) is 5.73 Å². The van der Waals surface area contributed by atoms with E-state index in [1.165, 1.54) is 0 Å². The summed E-state index contributed by atoms with van der Waals surface area (Å²) in [5.74, 6) is 0. The van der Waals surface area contributed by atoms with E-state index < -0.39 is 5.60 Å². The van der Waals surface area contributed by atoms with Gasteiger partial charge in [-0.15, -0.1) is 0 Å². The minimum atomic E-state index is -0.436. The van der Waals surface area contributed by atoms with Gasteiger partial charge < -0.3 is 20.7 Å². The molecule has 0 aromatic rings. The second kappa shape index (κ2) is 8.31. The van der Waals surface area contributed by atoms with Crippen LogP contribution in [0.5, 0.6) is 0 Å². The molecule has 0 aliphatic carbocycles. The van der Waals surface area contributed by atoms with Crippen LogP contribution in [0.2, 0.25) is 0 Å². The summed E-state index contributed by atoms with van der Waals surface area (Å²) in [4.78, 5) is 13.6. The average Bonchev–Trinajstić information content (AvgIpc) is 2.20. The second-order valence-corrected chi connectivity index (χ2v) is 5.01. The van der Waals surface area contributed by atoms with Crippen LogP contribution in [-0.4, -0.2) is 49.3 Å². The SMILES string of the molecule is CCN(CCCN)CCNC(=O)OC(C)(C)C. The maximum Gasteiger partial charge on any atom is 0.407 e. The minimum absolute atomic E-state index is 0.354. The fourth-order valence-corrected chi connectivity index (χ4v) is 1.37. The molecular formula is C12H27N3O2. The highest BCUT2D eigenvalue weighted by Gasteiger charge is 2.15. The highest BCUT2D eigenvalue weighted by Crippen LogP contribution is 2.06. The standard InChI is InChI=1S/C12H27N3O2/c1-5-15(9-6-7-13)10-8-14-11(16)17-12(2,3)4/h5-10,13H2,1-4H3,(H,14,16). The van der Waals surface area contributed by atoms with Crippen LogP contribution < -0.4 is 11.1 Å². The van der Waals surface area contributed by atoms with Crippen molar-refractivity contribution in [1.82, 2.24) is 10.2 Å². The van der Waals surface area contributed by atoms with Crippen molar-refractivity contribution in [3.05, 3.63) is 0 Å². The highest BCUT2D eigenvalue weighted by atomic mass is 16.6. The monoisotopic (exact) mass is 245 g/mol. The van der Waals surface area contributed by atoms with E-state index in [1.54, 1.807) is 0 Å². The van der Waals surface area contributed by atoms with Gasteiger partial charge in [0.2, 0.25) is 0 Å². The molecule has 1 amide bonds. The van der Waals surface area contributed by atoms with Gasteiger partial charge in [0.15, 0.2) is 0 Å². The number of likely N-dealkylation sites (N-methyl/N-ethyl adjacent to an activating group) is 1. The van der Waals surface area contributed by atoms with E-state index >= 15 is 0 Å². The van der Waals surface area contributed by atoms with Crippen molar-refractivity contribution in [1.29, 1.82) is 0 Å². The number of alkyl carbamates (subject to hydrolysis) is 1. The van der Waals surface area contributed by atoms with E-state index in [2.05, 4.69) is 17.1 Å². The zero-order chi connectivity index (χ0) is 13.3. The summed E-state index contributed by atoms with van der Waals surface area (Å²) >= 11 is 0. The van der Waals surface area contributed by atoms with Crippen LogP contribution in [-0.2, 0) is 4.74 Å². The van der Waals surface area contributed by atoms with Crippen LogP contribution in [0, 0.1) is 0 Å². The fraction of sp³-hybridized carbons (Fsp3) is 0.917. The van der Waals surface area contributed by atoms with Crippen molar-refractivity contribution in [3.63, 3.8) is 0 Å². The maximum atomic E-state index is 11.4. The fourth-order valence-electron chi connectivity index (χ4n) is 1.37. The Morgan fingerprint density at radius 1 is 1.35 bits per heavy atom. The Morgan fingerprint density at radius 3 is 2.47 bits per heavy atom. The van der Waals surface area contributed by atoms with E-state index in [0.29, 0.717) is 13.1 Å². The van der Waals surface area contributed by atoms with Gasteiger partial charge in [0.25, 0.3) is 0 Å². The molecule has 17 heavy (non-hydrogen) atoms. The summed E-state index contributed by atoms with van der Waals surface area (Å²) < 4.78 is 5.15. The lowest BCUT2D eigenvalue weighted by Crippen LogP contribution is -2.38. The summed E-state index contributed by atoms with van der Waals surface area (Å²) in [5.41, 5.74) is 5.02. The van der Waals surface area contributed by atoms with Crippen molar-refractivity contribution in [3.8, 4) is 0 Å². The first-order valence-corrected chi connectivity index (χ1v) is 6.28. The number of nitrogens with zero attached hydrogens (tertiary/aromatic N) is 1. The molecule has 0 rings (SSSR count). The van der Waals surface area contributed by atoms with Gasteiger partial charge in [-0.25, -0.2) is 4.79 Å². The van der Waals surface area contributed by atoms with Crippen molar-refractivity contribution < 1.29 is 9.53 Å². The van der Waals surface area contributed by atoms with Gasteiger partial charge in [-0.3, -0.25) is 0 Å². The molecule has 0 saturated carbocycles. The minimum Gasteiger partial charge on any atom is -0.444 e. The van der Waals surface area contributed by atoms with Crippen molar-refractivity contribution >= 4 is 6.09 Å². The number of nitrogens with two attached hydrogens (primary N) is 1. The lowest BCUT2D eigenvalue weighted by Gasteiger charge is -2.22. The van der Waals surface area contributed by atoms with Crippen LogP contribution in [0.3, 0.4) is 0 Å². The highest BCUT2D eigenvalue weighted by molar-refractivity contribution is 5.67. The first kappa shape index (κ1) is 16.2. The Morgan fingerprint density at radius 2 is 2.00 bits per heavy atom. The largest absolute Gasteiger partial charge is 0.444 e. The van der Waals surface area contributed by atoms with E-state index in [9.17, 15) is 4.79 Å². The molecule has 0 saturated heterocycles. The maximum absolute atomic E-state index is 11.4. The number of amides is 1. The Balaban J connectivity index is 3.70. The molecule has 0 aromatic heterocycles. The van der Waals surface area contributed by atoms with E-state index in [-0.39, 0.29) is 6.09 Å². The summed E-state index contributed by atoms with van der Waals surface area (Å²) in [5, 5.41) is 2.75. The molecule has 0 unspecified atom stereocenters. The molecule has 0 aliphatic rings. The number of carbonyl (C=O) groups is 1. The molecule has 5 nitrogen and oxygen atoms in total. The number of hydrogen-bond donors (Lipinski definition) is 2. The van der Waals surface area contributed by atoms with Gasteiger partial charge in [0, 0.05) is 13.1 Å². The Labute approximate surface area is 105 Å². The summed E-state index contributed by atoms with van der Waals surface area (Å²) in [6, 6.07) is 0. The summed E-state index contributed by atoms with van der Waals surface area (Å²) in [6.45, 7) is 11.7. The normalized spacial score (nSPS) is 11.6. The van der Waals surface area contributed by atoms with Gasteiger partial charge in [-0.05, 0) is 46.8 Å². The Bertz CT molecular complexity index is 214. The first-order valence-electron chi connectivity index (χ1n) is 6.28. The number of carbonyl (C=O) groups excluding carboxylic acids is 1. The molecule has 0 spiro atoms. The number of rotatable bonds is 7. The Kier molecular flexibility index (Phi) is 7.91. The zero-order valence-electron chi connectivity index (χ0n) is 11.6. The van der Waals surface area contributed by atoms with Crippen LogP contribution >= 0.6 is 0 Å². The summed E-state index contributed by atoms with van der Waals surface area (Å²) in [7, 11) is 0. The first-order chi connectivity index (χ1) is 7.89. The predicted molar refractivity (Wildman–Crippen MR) is 70.0 cm³/mol. The molecule has 5 heteroatoms. The quantitative estimate of drug-likeness (QED) is 0.707. The number of hydrogen-bond acceptors (Lipinski definition) is 4. The van der Waals surface area contributed by atoms with E-state index in [4.69, 9.17) is 10.5 Å². The predicted octanol–water partition coefficient (Wildman–Crippen LogP) is 1.18. The molecule has 0 bridgehead atoms. The van der Waals surface area contributed by atoms with E-state index in [0.717, 1.165) is 26.1 Å². The Hall–Kier alpha value is -0.810. The van der Waals surface area contributed by atoms with Crippen LogP contribution in [0.15, 0.2) is 0 Å². The van der Waals surface area contributed by atoms with Gasteiger partial charge in [-0.2, -0.15) is 0 Å².